The molecule has 1 aromatic rings. The molecule has 1 rings (SSSR count). The zero-order chi connectivity index (χ0) is 22.6. The van der Waals surface area contributed by atoms with E-state index >= 15 is 0 Å². The Hall–Kier alpha value is -1.55. The molecule has 0 saturated carbocycles. The number of rotatable bonds is 20. The van der Waals surface area contributed by atoms with E-state index < -0.39 is 0 Å². The van der Waals surface area contributed by atoms with Crippen LogP contribution in [-0.2, 0) is 0 Å². The molecule has 0 aliphatic rings. The molecule has 4 heteroatoms. The SMILES string of the molecule is CC(C)CCCCCCCCCCCCCCCOc1ccc(C(=O)NCCO)cc1. The lowest BCUT2D eigenvalue weighted by atomic mass is 10.0. The minimum atomic E-state index is -0.169. The molecule has 178 valence electrons. The lowest BCUT2D eigenvalue weighted by molar-refractivity contribution is 0.0944. The van der Waals surface area contributed by atoms with Crippen molar-refractivity contribution in [2.45, 2.75) is 104 Å². The standard InChI is InChI=1S/C27H47NO3/c1-24(2)16-14-12-10-8-6-4-3-5-7-9-11-13-15-23-31-26-19-17-25(18-20-26)27(30)28-21-22-29/h17-20,24,29H,3-16,21-23H2,1-2H3,(H,28,30). The summed E-state index contributed by atoms with van der Waals surface area (Å²) in [5.74, 6) is 1.50. The first-order valence-electron chi connectivity index (χ1n) is 12.8. The Labute approximate surface area is 191 Å². The summed E-state index contributed by atoms with van der Waals surface area (Å²) < 4.78 is 5.77. The largest absolute Gasteiger partial charge is 0.494 e. The predicted molar refractivity (Wildman–Crippen MR) is 131 cm³/mol. The third-order valence-corrected chi connectivity index (χ3v) is 5.71. The fourth-order valence-corrected chi connectivity index (χ4v) is 3.76. The van der Waals surface area contributed by atoms with Crippen LogP contribution in [0.1, 0.15) is 114 Å². The summed E-state index contributed by atoms with van der Waals surface area (Å²) in [6.07, 6.45) is 19.0. The lowest BCUT2D eigenvalue weighted by Crippen LogP contribution is -2.26. The quantitative estimate of drug-likeness (QED) is 0.220. The van der Waals surface area contributed by atoms with Gasteiger partial charge in [0.15, 0.2) is 0 Å². The molecule has 0 heterocycles. The van der Waals surface area contributed by atoms with Crippen molar-refractivity contribution >= 4 is 5.91 Å². The zero-order valence-corrected chi connectivity index (χ0v) is 20.2. The summed E-state index contributed by atoms with van der Waals surface area (Å²) in [4.78, 5) is 11.8. The van der Waals surface area contributed by atoms with Gasteiger partial charge in [0.05, 0.1) is 13.2 Å². The molecule has 1 amide bonds. The van der Waals surface area contributed by atoms with Crippen LogP contribution in [0.15, 0.2) is 24.3 Å². The zero-order valence-electron chi connectivity index (χ0n) is 20.2. The second kappa shape index (κ2) is 19.2. The van der Waals surface area contributed by atoms with E-state index in [-0.39, 0.29) is 19.1 Å². The van der Waals surface area contributed by atoms with Gasteiger partial charge in [0.2, 0.25) is 0 Å². The van der Waals surface area contributed by atoms with Gasteiger partial charge in [0.1, 0.15) is 5.75 Å². The molecular weight excluding hydrogens is 386 g/mol. The fraction of sp³-hybridized carbons (Fsp3) is 0.741. The molecule has 0 aliphatic carbocycles. The third-order valence-electron chi connectivity index (χ3n) is 5.71. The number of amides is 1. The fourth-order valence-electron chi connectivity index (χ4n) is 3.76. The Morgan fingerprint density at radius 3 is 1.77 bits per heavy atom. The van der Waals surface area contributed by atoms with Gasteiger partial charge in [-0.15, -0.1) is 0 Å². The summed E-state index contributed by atoms with van der Waals surface area (Å²) in [7, 11) is 0. The molecule has 0 spiro atoms. The van der Waals surface area contributed by atoms with E-state index in [0.717, 1.165) is 24.7 Å². The van der Waals surface area contributed by atoms with Gasteiger partial charge in [-0.05, 0) is 36.6 Å². The van der Waals surface area contributed by atoms with Crippen LogP contribution in [0.2, 0.25) is 0 Å². The summed E-state index contributed by atoms with van der Waals surface area (Å²) in [5.41, 5.74) is 0.586. The number of hydrogen-bond acceptors (Lipinski definition) is 3. The molecule has 0 aliphatic heterocycles. The van der Waals surface area contributed by atoms with E-state index in [1.165, 1.54) is 83.5 Å². The molecule has 0 radical (unpaired) electrons. The van der Waals surface area contributed by atoms with Crippen LogP contribution in [0.3, 0.4) is 0 Å². The monoisotopic (exact) mass is 433 g/mol. The maximum Gasteiger partial charge on any atom is 0.251 e. The normalized spacial score (nSPS) is 11.1. The maximum absolute atomic E-state index is 11.8. The molecule has 0 saturated heterocycles. The van der Waals surface area contributed by atoms with Gasteiger partial charge in [-0.1, -0.05) is 97.3 Å². The Morgan fingerprint density at radius 1 is 0.806 bits per heavy atom. The summed E-state index contributed by atoms with van der Waals surface area (Å²) in [6.45, 7) is 5.59. The second-order valence-electron chi connectivity index (χ2n) is 9.13. The van der Waals surface area contributed by atoms with Gasteiger partial charge in [0, 0.05) is 12.1 Å². The lowest BCUT2D eigenvalue weighted by Gasteiger charge is -2.08. The Kier molecular flexibility index (Phi) is 17.0. The van der Waals surface area contributed by atoms with Crippen molar-refractivity contribution in [3.8, 4) is 5.75 Å². The van der Waals surface area contributed by atoms with Crippen LogP contribution in [-0.4, -0.2) is 30.8 Å². The number of carbonyl (C=O) groups is 1. The molecule has 2 N–H and O–H groups in total. The van der Waals surface area contributed by atoms with E-state index in [1.54, 1.807) is 12.1 Å². The van der Waals surface area contributed by atoms with E-state index in [0.29, 0.717) is 5.56 Å². The number of unbranched alkanes of at least 4 members (excludes halogenated alkanes) is 12. The molecule has 31 heavy (non-hydrogen) atoms. The highest BCUT2D eigenvalue weighted by Gasteiger charge is 2.04. The van der Waals surface area contributed by atoms with Crippen molar-refractivity contribution in [2.75, 3.05) is 19.8 Å². The first-order chi connectivity index (χ1) is 15.1. The third kappa shape index (κ3) is 15.8. The average molecular weight is 434 g/mol. The molecule has 0 unspecified atom stereocenters. The van der Waals surface area contributed by atoms with Gasteiger partial charge in [-0.3, -0.25) is 4.79 Å². The average Bonchev–Trinajstić information content (AvgIpc) is 2.77. The van der Waals surface area contributed by atoms with Gasteiger partial charge in [-0.25, -0.2) is 0 Å². The Balaban J connectivity index is 1.87. The van der Waals surface area contributed by atoms with E-state index in [9.17, 15) is 4.79 Å². The van der Waals surface area contributed by atoms with Crippen LogP contribution < -0.4 is 10.1 Å². The molecule has 0 aromatic heterocycles. The van der Waals surface area contributed by atoms with E-state index in [1.807, 2.05) is 12.1 Å². The van der Waals surface area contributed by atoms with Crippen LogP contribution in [0, 0.1) is 5.92 Å². The first-order valence-corrected chi connectivity index (χ1v) is 12.8. The summed E-state index contributed by atoms with van der Waals surface area (Å²) in [6, 6.07) is 7.18. The van der Waals surface area contributed by atoms with Crippen LogP contribution in [0.4, 0.5) is 0 Å². The van der Waals surface area contributed by atoms with Gasteiger partial charge in [-0.2, -0.15) is 0 Å². The molecular formula is C27H47NO3. The number of carbonyl (C=O) groups excluding carboxylic acids is 1. The molecule has 1 aromatic carbocycles. The number of hydrogen-bond donors (Lipinski definition) is 2. The van der Waals surface area contributed by atoms with Crippen molar-refractivity contribution in [1.29, 1.82) is 0 Å². The summed E-state index contributed by atoms with van der Waals surface area (Å²) >= 11 is 0. The molecule has 0 atom stereocenters. The molecule has 0 bridgehead atoms. The number of ether oxygens (including phenoxy) is 1. The van der Waals surface area contributed by atoms with Crippen molar-refractivity contribution in [3.05, 3.63) is 29.8 Å². The van der Waals surface area contributed by atoms with Crippen LogP contribution in [0.25, 0.3) is 0 Å². The van der Waals surface area contributed by atoms with Crippen molar-refractivity contribution < 1.29 is 14.6 Å². The van der Waals surface area contributed by atoms with Gasteiger partial charge in [0.25, 0.3) is 5.91 Å². The van der Waals surface area contributed by atoms with Crippen molar-refractivity contribution in [3.63, 3.8) is 0 Å². The molecule has 0 fully saturated rings. The number of benzene rings is 1. The Morgan fingerprint density at radius 2 is 1.29 bits per heavy atom. The highest BCUT2D eigenvalue weighted by molar-refractivity contribution is 5.94. The van der Waals surface area contributed by atoms with Crippen molar-refractivity contribution in [1.82, 2.24) is 5.32 Å². The van der Waals surface area contributed by atoms with E-state index in [2.05, 4.69) is 19.2 Å². The maximum atomic E-state index is 11.8. The minimum Gasteiger partial charge on any atom is -0.494 e. The summed E-state index contributed by atoms with van der Waals surface area (Å²) in [5, 5.41) is 11.4. The smallest absolute Gasteiger partial charge is 0.251 e. The Bertz CT molecular complexity index is 542. The van der Waals surface area contributed by atoms with Crippen LogP contribution in [0.5, 0.6) is 5.75 Å². The number of aliphatic hydroxyl groups is 1. The predicted octanol–water partition coefficient (Wildman–Crippen LogP) is 6.90. The highest BCUT2D eigenvalue weighted by Crippen LogP contribution is 2.15. The minimum absolute atomic E-state index is 0.0499. The van der Waals surface area contributed by atoms with Gasteiger partial charge >= 0.3 is 0 Å². The number of aliphatic hydroxyl groups excluding tert-OH is 1. The van der Waals surface area contributed by atoms with Gasteiger partial charge < -0.3 is 15.2 Å². The highest BCUT2D eigenvalue weighted by atomic mass is 16.5. The first kappa shape index (κ1) is 27.5. The van der Waals surface area contributed by atoms with Crippen molar-refractivity contribution in [2.24, 2.45) is 5.92 Å². The van der Waals surface area contributed by atoms with Crippen LogP contribution >= 0.6 is 0 Å². The number of nitrogens with one attached hydrogen (secondary N) is 1. The second-order valence-corrected chi connectivity index (χ2v) is 9.13. The molecule has 4 nitrogen and oxygen atoms in total. The van der Waals surface area contributed by atoms with E-state index in [4.69, 9.17) is 9.84 Å². The topological polar surface area (TPSA) is 58.6 Å².